The fraction of sp³-hybridized carbons (Fsp3) is 1.00. The maximum atomic E-state index is 8.74. The molecule has 632 valence electrons. The predicted molar refractivity (Wildman–Crippen MR) is 462 cm³/mol. The highest BCUT2D eigenvalue weighted by atomic mass is 16.5. The lowest BCUT2D eigenvalue weighted by Crippen LogP contribution is -2.54. The fourth-order valence-electron chi connectivity index (χ4n) is 16.6. The number of methoxy groups -OCH3 is 1. The number of piperazine rings is 5. The maximum absolute atomic E-state index is 8.74. The van der Waals surface area contributed by atoms with Crippen molar-refractivity contribution in [3.63, 3.8) is 0 Å². The molecule has 0 bridgehead atoms. The summed E-state index contributed by atoms with van der Waals surface area (Å²) in [5.41, 5.74) is 0.666. The van der Waals surface area contributed by atoms with Crippen LogP contribution in [0, 0.1) is 0 Å². The van der Waals surface area contributed by atoms with Crippen LogP contribution in [0.1, 0.15) is 223 Å². The summed E-state index contributed by atoms with van der Waals surface area (Å²) in [7, 11) is 10.6. The third-order valence-electron chi connectivity index (χ3n) is 25.6. The van der Waals surface area contributed by atoms with Gasteiger partial charge in [0.2, 0.25) is 0 Å². The topological polar surface area (TPSA) is 84.5 Å². The minimum atomic E-state index is 0.293. The number of aliphatic hydroxyl groups excluding tert-OH is 1. The molecular weight excluding hydrogens is 1320 g/mol. The van der Waals surface area contributed by atoms with Crippen LogP contribution in [0.3, 0.4) is 0 Å². The SMILES string of the molecule is CC(C)N1CCC(N(C)C)CC1.CC(C)N1CCC(N2CCCC2)CC1.CC(C)N1CCN(C(C)(C)C)CC1.CC(C)N1CCN(C(C)C)CC1.CC(C)N1CCN(C2CCN(C)CC2)CC1.CC(C)N1CCN(CCO)CC1.CN(CCN1CCCCC1)C(C)(C)C.COCCN1CCN(C(C)C)CC1. The third-order valence-corrected chi connectivity index (χ3v) is 25.6. The number of hydrogen-bond acceptors (Lipinski definition) is 19. The van der Waals surface area contributed by atoms with Crippen LogP contribution in [-0.2, 0) is 4.74 Å². The Hall–Kier alpha value is -0.760. The smallest absolute Gasteiger partial charge is 0.0589 e. The van der Waals surface area contributed by atoms with Crippen LogP contribution >= 0.6 is 0 Å². The Morgan fingerprint density at radius 1 is 0.340 bits per heavy atom. The predicted octanol–water partition coefficient (Wildman–Crippen LogP) is 10.6. The molecule has 0 aromatic heterocycles. The zero-order valence-corrected chi connectivity index (χ0v) is 76.0. The van der Waals surface area contributed by atoms with Gasteiger partial charge in [0.25, 0.3) is 0 Å². The second-order valence-electron chi connectivity index (χ2n) is 37.8. The first kappa shape index (κ1) is 99.4. The van der Waals surface area contributed by atoms with E-state index in [1.54, 1.807) is 7.11 Å². The average Bonchev–Trinajstić information content (AvgIpc) is 1.30. The molecule has 0 saturated carbocycles. The molecule has 10 rings (SSSR count). The van der Waals surface area contributed by atoms with Gasteiger partial charge in [-0.05, 0) is 310 Å². The number of likely N-dealkylation sites (tertiary alicyclic amines) is 5. The molecular formula is C87H187N17O2. The van der Waals surface area contributed by atoms with E-state index < -0.39 is 0 Å². The Bertz CT molecular complexity index is 1970. The van der Waals surface area contributed by atoms with Crippen LogP contribution < -0.4 is 0 Å². The molecule has 10 heterocycles. The van der Waals surface area contributed by atoms with Gasteiger partial charge in [-0.25, -0.2) is 0 Å². The molecule has 10 aliphatic rings. The second-order valence-corrected chi connectivity index (χ2v) is 37.8. The number of nitrogens with zero attached hydrogens (tertiary/aromatic N) is 17. The average molecular weight is 1500 g/mol. The normalized spacial score (nSPS) is 23.5. The summed E-state index contributed by atoms with van der Waals surface area (Å²) in [6, 6.07) is 8.31. The first-order chi connectivity index (χ1) is 50.0. The van der Waals surface area contributed by atoms with Crippen molar-refractivity contribution >= 4 is 0 Å². The van der Waals surface area contributed by atoms with Crippen LogP contribution in [0.15, 0.2) is 0 Å². The number of likely N-dealkylation sites (N-methyl/N-ethyl adjacent to an activating group) is 1. The van der Waals surface area contributed by atoms with E-state index in [9.17, 15) is 0 Å². The highest BCUT2D eigenvalue weighted by Crippen LogP contribution is 2.24. The van der Waals surface area contributed by atoms with Gasteiger partial charge in [-0.15, -0.1) is 0 Å². The lowest BCUT2D eigenvalue weighted by atomic mass is 10.0. The summed E-state index contributed by atoms with van der Waals surface area (Å²) in [4.78, 5) is 43.2. The molecule has 0 amide bonds. The highest BCUT2D eigenvalue weighted by molar-refractivity contribution is 4.88. The van der Waals surface area contributed by atoms with Crippen molar-refractivity contribution in [3.8, 4) is 0 Å². The van der Waals surface area contributed by atoms with Gasteiger partial charge in [0.05, 0.1) is 13.2 Å². The van der Waals surface area contributed by atoms with Gasteiger partial charge >= 0.3 is 0 Å². The van der Waals surface area contributed by atoms with Gasteiger partial charge in [-0.3, -0.25) is 49.0 Å². The first-order valence-corrected chi connectivity index (χ1v) is 44.5. The Morgan fingerprint density at radius 2 is 0.632 bits per heavy atom. The number of hydrogen-bond donors (Lipinski definition) is 1. The van der Waals surface area contributed by atoms with Crippen LogP contribution in [0.2, 0.25) is 0 Å². The number of β-amino-alcohol motifs (C(OH)–C–C–N with tert-alkyl or cyclic N) is 1. The zero-order chi connectivity index (χ0) is 79.1. The summed E-state index contributed by atoms with van der Waals surface area (Å²) in [5.74, 6) is 0. The Balaban J connectivity index is 0.000000315. The van der Waals surface area contributed by atoms with Gasteiger partial charge in [0, 0.05) is 242 Å². The van der Waals surface area contributed by atoms with Crippen LogP contribution in [0.4, 0.5) is 0 Å². The minimum Gasteiger partial charge on any atom is -0.395 e. The van der Waals surface area contributed by atoms with Crippen LogP contribution in [-0.4, -0.2) is 437 Å². The van der Waals surface area contributed by atoms with E-state index >= 15 is 0 Å². The van der Waals surface area contributed by atoms with E-state index in [1.165, 1.54) is 254 Å². The van der Waals surface area contributed by atoms with Crippen LogP contribution in [0.25, 0.3) is 0 Å². The Morgan fingerprint density at radius 3 is 0.962 bits per heavy atom. The third kappa shape index (κ3) is 41.0. The van der Waals surface area contributed by atoms with Crippen molar-refractivity contribution in [2.75, 3.05) is 271 Å². The van der Waals surface area contributed by atoms with E-state index in [-0.39, 0.29) is 0 Å². The quantitative estimate of drug-likeness (QED) is 0.133. The molecule has 10 aliphatic heterocycles. The Labute approximate surface area is 661 Å². The van der Waals surface area contributed by atoms with Gasteiger partial charge in [0.1, 0.15) is 0 Å². The molecule has 0 unspecified atom stereocenters. The van der Waals surface area contributed by atoms with Crippen LogP contribution in [0.5, 0.6) is 0 Å². The number of piperidine rings is 4. The summed E-state index contributed by atoms with van der Waals surface area (Å²) >= 11 is 0. The molecule has 10 fully saturated rings. The first-order valence-electron chi connectivity index (χ1n) is 44.5. The van der Waals surface area contributed by atoms with Crippen molar-refractivity contribution in [2.24, 2.45) is 0 Å². The highest BCUT2D eigenvalue weighted by Gasteiger charge is 2.31. The molecule has 1 N–H and O–H groups in total. The summed E-state index contributed by atoms with van der Waals surface area (Å²) in [6.45, 7) is 93.3. The van der Waals surface area contributed by atoms with Gasteiger partial charge in [-0.1, -0.05) is 6.42 Å². The molecule has 19 heteroatoms. The molecule has 106 heavy (non-hydrogen) atoms. The molecule has 0 aromatic carbocycles. The molecule has 0 atom stereocenters. The Kier molecular flexibility index (Phi) is 50.8. The van der Waals surface area contributed by atoms with E-state index in [0.29, 0.717) is 35.8 Å². The van der Waals surface area contributed by atoms with E-state index in [2.05, 4.69) is 264 Å². The van der Waals surface area contributed by atoms with Gasteiger partial charge < -0.3 is 44.1 Å². The molecule has 19 nitrogen and oxygen atoms in total. The van der Waals surface area contributed by atoms with E-state index in [0.717, 1.165) is 94.2 Å². The zero-order valence-electron chi connectivity index (χ0n) is 76.0. The standard InChI is InChI=1S/C13H27N3.C12H24N2.C12H26N2.C11H24N2.C10H22N2O.2C10H22N2.C9H20N2O/c1-12(2)15-8-10-16(11-9-15)13-4-6-14(3)7-5-13;1-11(2)13-9-5-12(6-10-13)14-7-3-4-8-14;1-12(2,3)13(4)10-11-14-8-6-5-7-9-14;1-10(2)12-6-8-13(9-7-12)11(3,4)5;1-10(2)12-6-4-11(5-7-12)8-9-13-3;1-9(2)12-7-5-10(6-8-12)11(3)4;1-9(2)11-5-7-12(8-6-11)10(3)4;1-9(2)11-5-3-10(4-6-11)7-8-12/h12-13H,4-11H2,1-3H3;11-12H,3-10H2,1-2H3;5-11H2,1-4H3;10H,6-9H2,1-5H3;10H,4-9H2,1-3H3;2*9-10H,5-8H2,1-4H3;9,12H,3-8H2,1-2H3. The van der Waals surface area contributed by atoms with Crippen molar-refractivity contribution in [2.45, 2.75) is 300 Å². The summed E-state index contributed by atoms with van der Waals surface area (Å²) < 4.78 is 5.06. The second kappa shape index (κ2) is 54.2. The molecule has 0 radical (unpaired) electrons. The number of ether oxygens (including phenoxy) is 1. The molecule has 0 spiro atoms. The summed E-state index contributed by atoms with van der Waals surface area (Å²) in [5, 5.41) is 8.74. The fourth-order valence-corrected chi connectivity index (χ4v) is 16.6. The van der Waals surface area contributed by atoms with Crippen molar-refractivity contribution in [1.82, 2.24) is 83.3 Å². The monoisotopic (exact) mass is 1500 g/mol. The molecule has 0 aromatic rings. The van der Waals surface area contributed by atoms with E-state index in [1.807, 2.05) is 0 Å². The number of aliphatic hydroxyl groups is 1. The van der Waals surface area contributed by atoms with Crippen molar-refractivity contribution < 1.29 is 9.84 Å². The van der Waals surface area contributed by atoms with Crippen molar-refractivity contribution in [3.05, 3.63) is 0 Å². The summed E-state index contributed by atoms with van der Waals surface area (Å²) in [6.07, 6.45) is 15.3. The molecule has 0 aliphatic carbocycles. The van der Waals surface area contributed by atoms with Gasteiger partial charge in [0.15, 0.2) is 0 Å². The largest absolute Gasteiger partial charge is 0.395 e. The number of rotatable bonds is 19. The lowest BCUT2D eigenvalue weighted by Gasteiger charge is -2.43. The van der Waals surface area contributed by atoms with Gasteiger partial charge in [-0.2, -0.15) is 0 Å². The van der Waals surface area contributed by atoms with Crippen molar-refractivity contribution in [1.29, 1.82) is 0 Å². The minimum absolute atomic E-state index is 0.293. The lowest BCUT2D eigenvalue weighted by molar-refractivity contribution is 0.0491. The van der Waals surface area contributed by atoms with E-state index in [4.69, 9.17) is 9.84 Å². The maximum Gasteiger partial charge on any atom is 0.0589 e. The molecule has 10 saturated heterocycles.